The Kier molecular flexibility index (Phi) is 3.30. The second-order valence-corrected chi connectivity index (χ2v) is 4.98. The normalized spacial score (nSPS) is 11.6. The van der Waals surface area contributed by atoms with E-state index in [1.165, 1.54) is 4.68 Å². The average Bonchev–Trinajstić information content (AvgIpc) is 3.13. The number of rotatable bonds is 3. The number of nitrogens with zero attached hydrogens (tertiary/aromatic N) is 5. The summed E-state index contributed by atoms with van der Waals surface area (Å²) in [7, 11) is 1.90. The summed E-state index contributed by atoms with van der Waals surface area (Å²) in [6, 6.07) is 3.59. The molecule has 3 aromatic rings. The minimum absolute atomic E-state index is 0.400. The highest BCUT2D eigenvalue weighted by atomic mass is 32.1. The minimum atomic E-state index is 0.400. The van der Waals surface area contributed by atoms with Gasteiger partial charge < -0.3 is 4.42 Å². The third kappa shape index (κ3) is 2.33. The van der Waals surface area contributed by atoms with Crippen molar-refractivity contribution >= 4 is 18.4 Å². The highest BCUT2D eigenvalue weighted by Gasteiger charge is 2.11. The van der Waals surface area contributed by atoms with Crippen LogP contribution in [0.25, 0.3) is 11.6 Å². The van der Waals surface area contributed by atoms with Crippen LogP contribution in [0.5, 0.6) is 0 Å². The van der Waals surface area contributed by atoms with E-state index in [9.17, 15) is 0 Å². The molecule has 0 aliphatic heterocycles. The van der Waals surface area contributed by atoms with Crippen LogP contribution in [0.2, 0.25) is 0 Å². The number of hydrogen-bond acceptors (Lipinski definition) is 5. The molecule has 0 fully saturated rings. The van der Waals surface area contributed by atoms with Crippen molar-refractivity contribution in [3.63, 3.8) is 0 Å². The third-order valence-corrected chi connectivity index (χ3v) is 3.52. The van der Waals surface area contributed by atoms with Crippen molar-refractivity contribution in [2.24, 2.45) is 12.1 Å². The molecule has 8 heteroatoms. The van der Waals surface area contributed by atoms with Crippen LogP contribution >= 0.6 is 12.2 Å². The second-order valence-electron chi connectivity index (χ2n) is 4.59. The van der Waals surface area contributed by atoms with Gasteiger partial charge in [0.05, 0.1) is 18.2 Å². The van der Waals surface area contributed by atoms with Crippen molar-refractivity contribution in [2.45, 2.75) is 13.8 Å². The lowest BCUT2D eigenvalue weighted by molar-refractivity contribution is 0.573. The van der Waals surface area contributed by atoms with Crippen LogP contribution < -0.4 is 0 Å². The molecule has 0 amide bonds. The monoisotopic (exact) mass is 302 g/mol. The van der Waals surface area contributed by atoms with Crippen LogP contribution in [0.4, 0.5) is 0 Å². The molecule has 3 rings (SSSR count). The van der Waals surface area contributed by atoms with Crippen molar-refractivity contribution in [2.75, 3.05) is 0 Å². The van der Waals surface area contributed by atoms with Crippen LogP contribution in [0.1, 0.15) is 17.0 Å². The molecule has 3 heterocycles. The summed E-state index contributed by atoms with van der Waals surface area (Å²) in [4.78, 5) is 0. The fourth-order valence-corrected chi connectivity index (χ4v) is 2.24. The smallest absolute Gasteiger partial charge is 0.219 e. The lowest BCUT2D eigenvalue weighted by Gasteiger charge is -1.98. The predicted octanol–water partition coefficient (Wildman–Crippen LogP) is 2.43. The number of aryl methyl sites for hydroxylation is 2. The molecular formula is C13H14N6OS. The molecule has 0 radical (unpaired) electrons. The predicted molar refractivity (Wildman–Crippen MR) is 80.8 cm³/mol. The van der Waals surface area contributed by atoms with E-state index in [0.29, 0.717) is 16.4 Å². The van der Waals surface area contributed by atoms with Gasteiger partial charge in [0.1, 0.15) is 0 Å². The first-order valence-electron chi connectivity index (χ1n) is 6.34. The molecule has 0 spiro atoms. The summed E-state index contributed by atoms with van der Waals surface area (Å²) in [6.07, 6.45) is 3.31. The molecule has 0 bridgehead atoms. The SMILES string of the molecule is Cc1nn(C)c(C)c1/C=N\n1c(-c2ccco2)n[nH]c1=S. The molecule has 3 aromatic heterocycles. The molecule has 0 saturated heterocycles. The zero-order valence-electron chi connectivity index (χ0n) is 11.9. The molecule has 0 aliphatic rings. The van der Waals surface area contributed by atoms with Crippen LogP contribution in [0, 0.1) is 18.6 Å². The molecule has 0 atom stereocenters. The summed E-state index contributed by atoms with van der Waals surface area (Å²) in [5.74, 6) is 1.12. The van der Waals surface area contributed by atoms with Gasteiger partial charge in [-0.05, 0) is 38.2 Å². The first-order valence-corrected chi connectivity index (χ1v) is 6.74. The Balaban J connectivity index is 2.05. The molecule has 1 N–H and O–H groups in total. The summed E-state index contributed by atoms with van der Waals surface area (Å²) in [6.45, 7) is 3.93. The fraction of sp³-hybridized carbons (Fsp3) is 0.231. The van der Waals surface area contributed by atoms with E-state index in [2.05, 4.69) is 20.4 Å². The van der Waals surface area contributed by atoms with Crippen molar-refractivity contribution < 1.29 is 4.42 Å². The highest BCUT2D eigenvalue weighted by molar-refractivity contribution is 7.71. The van der Waals surface area contributed by atoms with E-state index in [-0.39, 0.29) is 0 Å². The molecular weight excluding hydrogens is 288 g/mol. The maximum atomic E-state index is 5.34. The average molecular weight is 302 g/mol. The molecule has 0 aromatic carbocycles. The van der Waals surface area contributed by atoms with Crippen molar-refractivity contribution in [3.8, 4) is 11.6 Å². The van der Waals surface area contributed by atoms with Gasteiger partial charge >= 0.3 is 0 Å². The lowest BCUT2D eigenvalue weighted by Crippen LogP contribution is -1.96. The fourth-order valence-electron chi connectivity index (χ4n) is 2.06. The third-order valence-electron chi connectivity index (χ3n) is 3.26. The van der Waals surface area contributed by atoms with Crippen LogP contribution in [0.15, 0.2) is 27.9 Å². The number of hydrogen-bond donors (Lipinski definition) is 1. The first-order chi connectivity index (χ1) is 10.1. The van der Waals surface area contributed by atoms with Crippen molar-refractivity contribution in [1.29, 1.82) is 0 Å². The van der Waals surface area contributed by atoms with Gasteiger partial charge in [-0.1, -0.05) is 0 Å². The van der Waals surface area contributed by atoms with Gasteiger partial charge in [-0.2, -0.15) is 14.9 Å². The molecule has 7 nitrogen and oxygen atoms in total. The van der Waals surface area contributed by atoms with Gasteiger partial charge in [0.25, 0.3) is 0 Å². The molecule has 0 saturated carbocycles. The number of nitrogens with one attached hydrogen (secondary N) is 1. The zero-order valence-corrected chi connectivity index (χ0v) is 12.7. The van der Waals surface area contributed by atoms with E-state index < -0.39 is 0 Å². The lowest BCUT2D eigenvalue weighted by atomic mass is 10.2. The van der Waals surface area contributed by atoms with Crippen LogP contribution in [-0.4, -0.2) is 30.9 Å². The van der Waals surface area contributed by atoms with Gasteiger partial charge in [0.15, 0.2) is 5.76 Å². The number of H-pyrrole nitrogens is 1. The molecule has 0 unspecified atom stereocenters. The van der Waals surface area contributed by atoms with Gasteiger partial charge in [0, 0.05) is 18.3 Å². The summed E-state index contributed by atoms with van der Waals surface area (Å²) in [5, 5.41) is 15.6. The zero-order chi connectivity index (χ0) is 15.0. The van der Waals surface area contributed by atoms with Gasteiger partial charge in [-0.25, -0.2) is 5.10 Å². The second kappa shape index (κ2) is 5.13. The Labute approximate surface area is 125 Å². The maximum Gasteiger partial charge on any atom is 0.219 e. The molecule has 21 heavy (non-hydrogen) atoms. The Morgan fingerprint density at radius 2 is 2.24 bits per heavy atom. The van der Waals surface area contributed by atoms with Gasteiger partial charge in [-0.15, -0.1) is 5.10 Å². The molecule has 108 valence electrons. The standard InChI is InChI=1S/C13H14N6OS/c1-8-10(9(2)18(3)17-8)7-14-19-12(15-16-13(19)21)11-5-4-6-20-11/h4-7H,1-3H3,(H,16,21)/b14-7-. The first kappa shape index (κ1) is 13.5. The van der Waals surface area contributed by atoms with Crippen LogP contribution in [0.3, 0.4) is 0 Å². The number of aromatic amines is 1. The quantitative estimate of drug-likeness (QED) is 0.595. The number of aromatic nitrogens is 5. The van der Waals surface area contributed by atoms with E-state index in [4.69, 9.17) is 16.6 Å². The highest BCUT2D eigenvalue weighted by Crippen LogP contribution is 2.17. The van der Waals surface area contributed by atoms with E-state index in [1.54, 1.807) is 24.6 Å². The maximum absolute atomic E-state index is 5.34. The van der Waals surface area contributed by atoms with Gasteiger partial charge in [0.2, 0.25) is 10.6 Å². The van der Waals surface area contributed by atoms with Crippen molar-refractivity contribution in [3.05, 3.63) is 40.1 Å². The van der Waals surface area contributed by atoms with Crippen molar-refractivity contribution in [1.82, 2.24) is 24.7 Å². The molecule has 0 aliphatic carbocycles. The van der Waals surface area contributed by atoms with E-state index >= 15 is 0 Å². The van der Waals surface area contributed by atoms with Gasteiger partial charge in [-0.3, -0.25) is 4.68 Å². The summed E-state index contributed by atoms with van der Waals surface area (Å²) >= 11 is 5.20. The Bertz CT molecular complexity index is 852. The largest absolute Gasteiger partial charge is 0.461 e. The summed E-state index contributed by atoms with van der Waals surface area (Å²) in [5.41, 5.74) is 2.91. The topological polar surface area (TPSA) is 76.9 Å². The van der Waals surface area contributed by atoms with E-state index in [0.717, 1.165) is 17.0 Å². The van der Waals surface area contributed by atoms with Crippen LogP contribution in [-0.2, 0) is 7.05 Å². The Morgan fingerprint density at radius 3 is 2.86 bits per heavy atom. The Morgan fingerprint density at radius 1 is 1.43 bits per heavy atom. The number of furan rings is 1. The van der Waals surface area contributed by atoms with E-state index in [1.807, 2.05) is 25.6 Å². The minimum Gasteiger partial charge on any atom is -0.461 e. The summed E-state index contributed by atoms with van der Waals surface area (Å²) < 4.78 is 9.08. The Hall–Kier alpha value is -2.48.